The number of aliphatic imine (C=N–C) groups is 1. The number of fused-ring (bicyclic) bond motifs is 7. The van der Waals surface area contributed by atoms with Crippen LogP contribution >= 0.6 is 0 Å². The molecule has 0 fully saturated rings. The van der Waals surface area contributed by atoms with E-state index in [0.717, 1.165) is 89.4 Å². The summed E-state index contributed by atoms with van der Waals surface area (Å²) in [7, 11) is 0. The molecule has 3 aliphatic rings. The zero-order valence-electron chi connectivity index (χ0n) is 47.2. The Bertz CT molecular complexity index is 3440. The van der Waals surface area contributed by atoms with Crippen LogP contribution in [0.4, 0.5) is 0 Å². The quantitative estimate of drug-likeness (QED) is 0.192. The van der Waals surface area contributed by atoms with Gasteiger partial charge in [0.1, 0.15) is 0 Å². The molecule has 1 aliphatic carbocycles. The van der Waals surface area contributed by atoms with Crippen molar-refractivity contribution in [2.45, 2.75) is 157 Å². The molecule has 5 nitrogen and oxygen atoms in total. The molecule has 0 saturated carbocycles. The Balaban J connectivity index is 0.00000729. The summed E-state index contributed by atoms with van der Waals surface area (Å²) in [6.45, 7) is 41.2. The molecule has 2 aliphatic heterocycles. The van der Waals surface area contributed by atoms with E-state index in [1.807, 2.05) is 12.2 Å². The molecule has 6 heteroatoms. The first-order valence-electron chi connectivity index (χ1n) is 26.2. The van der Waals surface area contributed by atoms with E-state index in [1.54, 1.807) is 12.2 Å². The van der Waals surface area contributed by atoms with Crippen LogP contribution in [0.1, 0.15) is 197 Å². The number of allylic oxidation sites excluding steroid dienone is 8. The maximum absolute atomic E-state index is 12.7. The summed E-state index contributed by atoms with van der Waals surface area (Å²) >= 11 is 0. The van der Waals surface area contributed by atoms with E-state index in [9.17, 15) is 4.79 Å². The van der Waals surface area contributed by atoms with Crippen LogP contribution in [-0.2, 0) is 58.3 Å². The Morgan fingerprint density at radius 1 is 0.365 bits per heavy atom. The van der Waals surface area contributed by atoms with Crippen LogP contribution < -0.4 is 20.7 Å². The Hall–Kier alpha value is -6.03. The molecular weight excluding hydrogens is 1080 g/mol. The van der Waals surface area contributed by atoms with Gasteiger partial charge in [0, 0.05) is 10.7 Å². The number of ketones is 1. The minimum absolute atomic E-state index is 0. The first-order valence-corrected chi connectivity index (χ1v) is 26.2. The Kier molecular flexibility index (Phi) is 13.9. The first kappa shape index (κ1) is 54.2. The molecule has 384 valence electrons. The molecule has 3 aromatic carbocycles. The van der Waals surface area contributed by atoms with Crippen molar-refractivity contribution in [2.75, 3.05) is 0 Å². The number of aromatic nitrogens is 3. The summed E-state index contributed by atoms with van der Waals surface area (Å²) < 4.78 is 0. The monoisotopic (exact) mass is 1160 g/mol. The van der Waals surface area contributed by atoms with Crippen molar-refractivity contribution in [3.05, 3.63) is 222 Å². The number of nitrogens with one attached hydrogen (secondary N) is 1. The minimum Gasteiger partial charge on any atom is -0.657 e. The van der Waals surface area contributed by atoms with Crippen LogP contribution in [0.3, 0.4) is 0 Å². The van der Waals surface area contributed by atoms with Crippen molar-refractivity contribution >= 4 is 33.8 Å². The van der Waals surface area contributed by atoms with E-state index in [2.05, 4.69) is 233 Å². The molecule has 5 heterocycles. The third-order valence-electron chi connectivity index (χ3n) is 14.7. The van der Waals surface area contributed by atoms with Gasteiger partial charge in [0.05, 0.1) is 11.4 Å². The van der Waals surface area contributed by atoms with Gasteiger partial charge in [-0.1, -0.05) is 216 Å². The topological polar surface area (TPSA) is 73.4 Å². The van der Waals surface area contributed by atoms with E-state index in [-0.39, 0.29) is 59.3 Å². The number of rotatable bonds is 3. The maximum atomic E-state index is 12.7. The number of hydrogen-bond acceptors (Lipinski definition) is 2. The Morgan fingerprint density at radius 2 is 0.676 bits per heavy atom. The fraction of sp³-hybridized carbons (Fsp3) is 0.353. The van der Waals surface area contributed by atoms with Crippen LogP contribution in [0, 0.1) is 0 Å². The third kappa shape index (κ3) is 10.9. The van der Waals surface area contributed by atoms with Crippen LogP contribution in [0.25, 0.3) is 22.3 Å². The second kappa shape index (κ2) is 19.0. The van der Waals surface area contributed by atoms with E-state index in [0.29, 0.717) is 0 Å². The summed E-state index contributed by atoms with van der Waals surface area (Å²) in [6.07, 6.45) is 11.3. The predicted molar refractivity (Wildman–Crippen MR) is 307 cm³/mol. The molecule has 0 radical (unpaired) electrons. The summed E-state index contributed by atoms with van der Waals surface area (Å²) in [5, 5.41) is 1.92. The van der Waals surface area contributed by atoms with Crippen molar-refractivity contribution in [2.24, 2.45) is 4.99 Å². The van der Waals surface area contributed by atoms with E-state index in [4.69, 9.17) is 15.0 Å². The molecule has 3 aromatic heterocycles. The number of nitrogens with zero attached hydrogens (tertiary/aromatic N) is 3. The molecule has 0 amide bonds. The van der Waals surface area contributed by atoms with Gasteiger partial charge in [-0.15, -0.1) is 22.8 Å². The summed E-state index contributed by atoms with van der Waals surface area (Å²) in [5.74, 6) is -0.0468. The number of carbonyl (C=O) groups is 1. The molecule has 6 aromatic rings. The van der Waals surface area contributed by atoms with E-state index < -0.39 is 0 Å². The van der Waals surface area contributed by atoms with Crippen LogP contribution in [0.2, 0.25) is 0 Å². The molecule has 74 heavy (non-hydrogen) atoms. The zero-order valence-corrected chi connectivity index (χ0v) is 49.5. The Labute approximate surface area is 456 Å². The Morgan fingerprint density at radius 3 is 1.01 bits per heavy atom. The molecule has 9 rings (SSSR count). The fourth-order valence-electron chi connectivity index (χ4n) is 9.88. The third-order valence-corrected chi connectivity index (χ3v) is 14.7. The molecular formula is C68H76N4OPt. The second-order valence-electron chi connectivity index (χ2n) is 26.9. The van der Waals surface area contributed by atoms with Crippen molar-refractivity contribution in [1.82, 2.24) is 15.0 Å². The second-order valence-corrected chi connectivity index (χ2v) is 26.9. The maximum Gasteiger partial charge on any atom is 2.00 e. The zero-order chi connectivity index (χ0) is 53.0. The first-order chi connectivity index (χ1) is 33.8. The van der Waals surface area contributed by atoms with Crippen LogP contribution in [0.5, 0.6) is 0 Å². The number of benzene rings is 3. The summed E-state index contributed by atoms with van der Waals surface area (Å²) in [4.78, 5) is 33.7. The van der Waals surface area contributed by atoms with Crippen LogP contribution in [0.15, 0.2) is 144 Å². The number of carbonyl (C=O) groups excluding carboxylic acids is 1. The molecule has 0 saturated heterocycles. The molecule has 0 spiro atoms. The van der Waals surface area contributed by atoms with Gasteiger partial charge in [0.25, 0.3) is 0 Å². The van der Waals surface area contributed by atoms with Crippen molar-refractivity contribution in [3.8, 4) is 0 Å². The van der Waals surface area contributed by atoms with Gasteiger partial charge in [-0.2, -0.15) is 0 Å². The average Bonchev–Trinajstić information content (AvgIpc) is 4.13. The number of hydrogen-bond donors (Lipinski definition) is 1. The summed E-state index contributed by atoms with van der Waals surface area (Å²) in [5.41, 5.74) is 19.8. The van der Waals surface area contributed by atoms with Gasteiger partial charge >= 0.3 is 21.1 Å². The SMILES string of the molecule is CC(C)(C)c1cc(/C2=C3\C=CC(=N3)C(=C3C=CC(=O)C=C3)c3ccc([n-]3)/C(c3cc(C(C)(C)C)cc(C(C)(C)C)c3)=c3/cc/c([nH]3)=C(\c3cc(C(C)(C)C)cc(C(C)(C)C)c3)c3ccc2[n-]3)cc(C(C)(C)C)c1.[Pt+2]. The molecule has 8 bridgehead atoms. The van der Waals surface area contributed by atoms with Crippen molar-refractivity contribution < 1.29 is 25.9 Å². The van der Waals surface area contributed by atoms with E-state index in [1.165, 1.54) is 33.4 Å². The largest absolute Gasteiger partial charge is 2.00 e. The normalized spacial score (nSPS) is 18.1. The van der Waals surface area contributed by atoms with Gasteiger partial charge < -0.3 is 15.0 Å². The van der Waals surface area contributed by atoms with Crippen molar-refractivity contribution in [3.63, 3.8) is 0 Å². The molecule has 1 N–H and O–H groups in total. The summed E-state index contributed by atoms with van der Waals surface area (Å²) in [6, 6.07) is 34.4. The fourth-order valence-corrected chi connectivity index (χ4v) is 9.88. The van der Waals surface area contributed by atoms with Gasteiger partial charge in [-0.25, -0.2) is 4.99 Å². The van der Waals surface area contributed by atoms with Crippen LogP contribution in [-0.4, -0.2) is 16.5 Å². The number of aromatic amines is 1. The standard InChI is InChI=1S/C68H77N4O.Pt/c1-63(2,3)44-31-41(32-45(37-44)64(4,5)6)60-53-25-23-51(69-53)59(40-19-21-50(73)22-20-40)52-24-26-54(70-52)61(42-33-46(65(7,8)9)38-47(34-42)66(10,11)12)56-28-30-58(72-56)62(57-29-27-55(60)71-57)43-35-48(67(13,14)15)39-49(36-43)68(16,17)18;/h19-39H,1-18H3,(H2-,69,70,71,72,73);/q-1;+2/p-1/b59-51?,59-52?,60-53-,60-55?,61-54?,61-56-,62-57?,62-58-;. The number of H-pyrrole nitrogens is 1. The molecule has 0 atom stereocenters. The minimum atomic E-state index is -0.118. The predicted octanol–water partition coefficient (Wildman–Crippen LogP) is 14.4. The molecule has 0 unspecified atom stereocenters. The van der Waals surface area contributed by atoms with Crippen molar-refractivity contribution in [1.29, 1.82) is 0 Å². The average molecular weight is 1160 g/mol. The van der Waals surface area contributed by atoms with E-state index >= 15 is 0 Å². The smallest absolute Gasteiger partial charge is 0.657 e. The van der Waals surface area contributed by atoms with Gasteiger partial charge in [-0.3, -0.25) is 4.79 Å². The van der Waals surface area contributed by atoms with Gasteiger partial charge in [-0.05, 0) is 147 Å². The van der Waals surface area contributed by atoms with Gasteiger partial charge in [0.15, 0.2) is 5.78 Å². The van der Waals surface area contributed by atoms with Gasteiger partial charge in [0.2, 0.25) is 0 Å².